The molecule has 2 aromatic heterocycles. The predicted molar refractivity (Wildman–Crippen MR) is 84.2 cm³/mol. The van der Waals surface area contributed by atoms with Crippen molar-refractivity contribution in [3.63, 3.8) is 0 Å². The smallest absolute Gasteiger partial charge is 0.139 e. The lowest BCUT2D eigenvalue weighted by molar-refractivity contribution is 1.09. The molecule has 2 N–H and O–H groups in total. The second kappa shape index (κ2) is 5.25. The van der Waals surface area contributed by atoms with Gasteiger partial charge in [-0.15, -0.1) is 0 Å². The minimum atomic E-state index is 0.765. The Morgan fingerprint density at radius 3 is 2.90 bits per heavy atom. The van der Waals surface area contributed by atoms with Gasteiger partial charge in [-0.1, -0.05) is 12.1 Å². The van der Waals surface area contributed by atoms with E-state index >= 15 is 0 Å². The SMILES string of the molecule is CN(C)c1cccc(CNc2ccc3cc[nH]c3n2)c1. The Kier molecular flexibility index (Phi) is 3.29. The van der Waals surface area contributed by atoms with Gasteiger partial charge in [0, 0.05) is 37.9 Å². The Morgan fingerprint density at radius 1 is 1.15 bits per heavy atom. The molecule has 0 saturated carbocycles. The number of hydrogen-bond acceptors (Lipinski definition) is 3. The van der Waals surface area contributed by atoms with Gasteiger partial charge in [-0.2, -0.15) is 0 Å². The molecule has 3 rings (SSSR count). The second-order valence-corrected chi connectivity index (χ2v) is 5.03. The van der Waals surface area contributed by atoms with E-state index in [-0.39, 0.29) is 0 Å². The van der Waals surface area contributed by atoms with Gasteiger partial charge in [0.05, 0.1) is 0 Å². The average Bonchev–Trinajstić information content (AvgIpc) is 2.93. The van der Waals surface area contributed by atoms with Gasteiger partial charge in [0.1, 0.15) is 11.5 Å². The van der Waals surface area contributed by atoms with Crippen LogP contribution in [0, 0.1) is 0 Å². The molecule has 0 saturated heterocycles. The van der Waals surface area contributed by atoms with Crippen LogP contribution in [0.2, 0.25) is 0 Å². The molecule has 0 atom stereocenters. The van der Waals surface area contributed by atoms with Crippen LogP contribution in [0.1, 0.15) is 5.56 Å². The normalized spacial score (nSPS) is 10.7. The predicted octanol–water partition coefficient (Wildman–Crippen LogP) is 3.24. The van der Waals surface area contributed by atoms with Crippen molar-refractivity contribution in [2.75, 3.05) is 24.3 Å². The maximum Gasteiger partial charge on any atom is 0.139 e. The van der Waals surface area contributed by atoms with E-state index in [1.807, 2.05) is 32.4 Å². The number of H-pyrrole nitrogens is 1. The number of pyridine rings is 1. The van der Waals surface area contributed by atoms with Gasteiger partial charge in [0.25, 0.3) is 0 Å². The molecule has 0 amide bonds. The van der Waals surface area contributed by atoms with Crippen LogP contribution in [0.5, 0.6) is 0 Å². The molecule has 0 bridgehead atoms. The molecule has 4 nitrogen and oxygen atoms in total. The zero-order valence-corrected chi connectivity index (χ0v) is 11.7. The Hall–Kier alpha value is -2.49. The van der Waals surface area contributed by atoms with Gasteiger partial charge in [0.15, 0.2) is 0 Å². The molecule has 0 radical (unpaired) electrons. The number of nitrogens with one attached hydrogen (secondary N) is 2. The number of aromatic amines is 1. The number of anilines is 2. The molecular formula is C16H18N4. The van der Waals surface area contributed by atoms with Gasteiger partial charge in [0.2, 0.25) is 0 Å². The molecule has 1 aromatic carbocycles. The summed E-state index contributed by atoms with van der Waals surface area (Å²) in [4.78, 5) is 9.76. The standard InChI is InChI=1S/C16H18N4/c1-20(2)14-5-3-4-12(10-14)11-18-15-7-6-13-8-9-17-16(13)19-15/h3-10H,11H2,1-2H3,(H2,17,18,19). The van der Waals surface area contributed by atoms with Crippen molar-refractivity contribution in [2.24, 2.45) is 0 Å². The maximum atomic E-state index is 4.53. The van der Waals surface area contributed by atoms with Crippen LogP contribution in [0.3, 0.4) is 0 Å². The van der Waals surface area contributed by atoms with Crippen LogP contribution in [-0.4, -0.2) is 24.1 Å². The van der Waals surface area contributed by atoms with E-state index in [1.165, 1.54) is 11.3 Å². The van der Waals surface area contributed by atoms with Crippen molar-refractivity contribution in [3.05, 3.63) is 54.2 Å². The summed E-state index contributed by atoms with van der Waals surface area (Å²) < 4.78 is 0. The van der Waals surface area contributed by atoms with Gasteiger partial charge >= 0.3 is 0 Å². The van der Waals surface area contributed by atoms with E-state index in [4.69, 9.17) is 0 Å². The van der Waals surface area contributed by atoms with Crippen molar-refractivity contribution < 1.29 is 0 Å². The second-order valence-electron chi connectivity index (χ2n) is 5.03. The molecular weight excluding hydrogens is 248 g/mol. The molecule has 3 aromatic rings. The first-order valence-electron chi connectivity index (χ1n) is 6.67. The van der Waals surface area contributed by atoms with Gasteiger partial charge in [-0.3, -0.25) is 0 Å². The van der Waals surface area contributed by atoms with Crippen LogP contribution in [0.25, 0.3) is 11.0 Å². The molecule has 0 aliphatic heterocycles. The van der Waals surface area contributed by atoms with Crippen LogP contribution >= 0.6 is 0 Å². The molecule has 0 aliphatic carbocycles. The third-order valence-electron chi connectivity index (χ3n) is 3.31. The summed E-state index contributed by atoms with van der Waals surface area (Å²) in [5.41, 5.74) is 3.36. The number of nitrogens with zero attached hydrogens (tertiary/aromatic N) is 2. The third kappa shape index (κ3) is 2.59. The molecule has 102 valence electrons. The van der Waals surface area contributed by atoms with Crippen molar-refractivity contribution >= 4 is 22.5 Å². The number of aromatic nitrogens is 2. The zero-order chi connectivity index (χ0) is 13.9. The lowest BCUT2D eigenvalue weighted by Crippen LogP contribution is -2.09. The van der Waals surface area contributed by atoms with Crippen molar-refractivity contribution in [1.29, 1.82) is 0 Å². The van der Waals surface area contributed by atoms with Crippen molar-refractivity contribution in [3.8, 4) is 0 Å². The first-order valence-corrected chi connectivity index (χ1v) is 6.67. The molecule has 4 heteroatoms. The van der Waals surface area contributed by atoms with Crippen LogP contribution < -0.4 is 10.2 Å². The van der Waals surface area contributed by atoms with Crippen molar-refractivity contribution in [2.45, 2.75) is 6.54 Å². The summed E-state index contributed by atoms with van der Waals surface area (Å²) in [5, 5.41) is 4.49. The average molecular weight is 266 g/mol. The Balaban J connectivity index is 1.73. The highest BCUT2D eigenvalue weighted by Crippen LogP contribution is 2.16. The number of rotatable bonds is 4. The highest BCUT2D eigenvalue weighted by Gasteiger charge is 2.01. The van der Waals surface area contributed by atoms with E-state index in [0.717, 1.165) is 23.4 Å². The molecule has 0 unspecified atom stereocenters. The van der Waals surface area contributed by atoms with Gasteiger partial charge < -0.3 is 15.2 Å². The van der Waals surface area contributed by atoms with E-state index in [1.54, 1.807) is 0 Å². The topological polar surface area (TPSA) is 44.0 Å². The van der Waals surface area contributed by atoms with Gasteiger partial charge in [-0.05, 0) is 35.9 Å². The minimum Gasteiger partial charge on any atom is -0.378 e. The molecule has 0 fully saturated rings. The number of fused-ring (bicyclic) bond motifs is 1. The third-order valence-corrected chi connectivity index (χ3v) is 3.31. The summed E-state index contributed by atoms with van der Waals surface area (Å²) >= 11 is 0. The zero-order valence-electron chi connectivity index (χ0n) is 11.7. The highest BCUT2D eigenvalue weighted by atomic mass is 15.1. The first kappa shape index (κ1) is 12.5. The molecule has 2 heterocycles. The highest BCUT2D eigenvalue weighted by molar-refractivity contribution is 5.77. The Labute approximate surface area is 118 Å². The van der Waals surface area contributed by atoms with Crippen LogP contribution in [-0.2, 0) is 6.54 Å². The lowest BCUT2D eigenvalue weighted by Gasteiger charge is -2.14. The molecule has 20 heavy (non-hydrogen) atoms. The summed E-state index contributed by atoms with van der Waals surface area (Å²) in [6, 6.07) is 14.6. The summed E-state index contributed by atoms with van der Waals surface area (Å²) in [6.07, 6.45) is 1.90. The van der Waals surface area contributed by atoms with Gasteiger partial charge in [-0.25, -0.2) is 4.98 Å². The van der Waals surface area contributed by atoms with E-state index < -0.39 is 0 Å². The van der Waals surface area contributed by atoms with E-state index in [9.17, 15) is 0 Å². The Bertz CT molecular complexity index is 715. The van der Waals surface area contributed by atoms with E-state index in [0.29, 0.717) is 0 Å². The fourth-order valence-corrected chi connectivity index (χ4v) is 2.17. The minimum absolute atomic E-state index is 0.765. The van der Waals surface area contributed by atoms with E-state index in [2.05, 4.69) is 50.5 Å². The van der Waals surface area contributed by atoms with Crippen molar-refractivity contribution in [1.82, 2.24) is 9.97 Å². The molecule has 0 aliphatic rings. The monoisotopic (exact) mass is 266 g/mol. The fourth-order valence-electron chi connectivity index (χ4n) is 2.17. The quantitative estimate of drug-likeness (QED) is 0.762. The van der Waals surface area contributed by atoms with Crippen LogP contribution in [0.4, 0.5) is 11.5 Å². The number of benzene rings is 1. The maximum absolute atomic E-state index is 4.53. The molecule has 0 spiro atoms. The summed E-state index contributed by atoms with van der Waals surface area (Å²) in [7, 11) is 4.10. The largest absolute Gasteiger partial charge is 0.378 e. The summed E-state index contributed by atoms with van der Waals surface area (Å²) in [5.74, 6) is 0.884. The fraction of sp³-hybridized carbons (Fsp3) is 0.188. The Morgan fingerprint density at radius 2 is 2.05 bits per heavy atom. The number of hydrogen-bond donors (Lipinski definition) is 2. The first-order chi connectivity index (χ1) is 9.72. The summed E-state index contributed by atoms with van der Waals surface area (Å²) in [6.45, 7) is 0.765. The lowest BCUT2D eigenvalue weighted by atomic mass is 10.2. The van der Waals surface area contributed by atoms with Crippen LogP contribution in [0.15, 0.2) is 48.7 Å².